The van der Waals surface area contributed by atoms with Crippen molar-refractivity contribution >= 4 is 22.8 Å². The lowest BCUT2D eigenvalue weighted by atomic mass is 10.4. The molecule has 2 heterocycles. The molecule has 0 saturated carbocycles. The predicted octanol–water partition coefficient (Wildman–Crippen LogP) is 1.46. The maximum atomic E-state index is 11.0. The number of hydrogen-bond acceptors (Lipinski definition) is 8. The standard InChI is InChI=1S/C9H9N5O3S/c1-17-9-7(14(15)16)8(12-5-13-9)11-4-6-10-2-3-18-6/h2-3,5H,4H2,1H3,(H,11,12,13). The van der Waals surface area contributed by atoms with Crippen LogP contribution in [0.4, 0.5) is 11.5 Å². The summed E-state index contributed by atoms with van der Waals surface area (Å²) in [5.41, 5.74) is -0.281. The van der Waals surface area contributed by atoms with Gasteiger partial charge < -0.3 is 10.1 Å². The Labute approximate surface area is 106 Å². The molecule has 94 valence electrons. The van der Waals surface area contributed by atoms with E-state index in [9.17, 15) is 10.1 Å². The van der Waals surface area contributed by atoms with Crippen LogP contribution in [0.2, 0.25) is 0 Å². The largest absolute Gasteiger partial charge is 0.476 e. The Hall–Kier alpha value is -2.29. The van der Waals surface area contributed by atoms with E-state index < -0.39 is 4.92 Å². The van der Waals surface area contributed by atoms with Gasteiger partial charge >= 0.3 is 5.69 Å². The molecule has 2 aromatic rings. The van der Waals surface area contributed by atoms with Gasteiger partial charge in [-0.1, -0.05) is 0 Å². The molecule has 0 aliphatic carbocycles. The van der Waals surface area contributed by atoms with Crippen molar-refractivity contribution in [1.82, 2.24) is 15.0 Å². The van der Waals surface area contributed by atoms with Gasteiger partial charge in [-0.3, -0.25) is 10.1 Å². The van der Waals surface area contributed by atoms with Crippen molar-refractivity contribution in [2.45, 2.75) is 6.54 Å². The van der Waals surface area contributed by atoms with E-state index in [0.29, 0.717) is 6.54 Å². The number of ether oxygens (including phenoxy) is 1. The van der Waals surface area contributed by atoms with Crippen LogP contribution >= 0.6 is 11.3 Å². The van der Waals surface area contributed by atoms with Gasteiger partial charge in [0.1, 0.15) is 11.3 Å². The Morgan fingerprint density at radius 3 is 2.94 bits per heavy atom. The van der Waals surface area contributed by atoms with E-state index >= 15 is 0 Å². The Morgan fingerprint density at radius 1 is 1.50 bits per heavy atom. The zero-order chi connectivity index (χ0) is 13.0. The second kappa shape index (κ2) is 5.36. The number of nitrogens with zero attached hydrogens (tertiary/aromatic N) is 4. The van der Waals surface area contributed by atoms with Crippen LogP contribution in [0.1, 0.15) is 5.01 Å². The first kappa shape index (κ1) is 12.2. The van der Waals surface area contributed by atoms with Gasteiger partial charge in [0.15, 0.2) is 0 Å². The molecular formula is C9H9N5O3S. The molecule has 0 aliphatic rings. The summed E-state index contributed by atoms with van der Waals surface area (Å²) in [6, 6.07) is 0. The molecule has 9 heteroatoms. The van der Waals surface area contributed by atoms with E-state index in [4.69, 9.17) is 4.74 Å². The summed E-state index contributed by atoms with van der Waals surface area (Å²) in [6.07, 6.45) is 2.87. The monoisotopic (exact) mass is 267 g/mol. The van der Waals surface area contributed by atoms with Crippen LogP contribution in [0.25, 0.3) is 0 Å². The molecule has 0 amide bonds. The van der Waals surface area contributed by atoms with Gasteiger partial charge in [0.25, 0.3) is 5.88 Å². The minimum absolute atomic E-state index is 0.0726. The average molecular weight is 267 g/mol. The molecule has 0 aromatic carbocycles. The van der Waals surface area contributed by atoms with Crippen molar-refractivity contribution in [3.63, 3.8) is 0 Å². The first-order valence-corrected chi connectivity index (χ1v) is 5.76. The molecule has 2 aromatic heterocycles. The van der Waals surface area contributed by atoms with E-state index in [1.165, 1.54) is 24.8 Å². The van der Waals surface area contributed by atoms with Gasteiger partial charge in [-0.05, 0) is 0 Å². The van der Waals surface area contributed by atoms with Gasteiger partial charge in [-0.15, -0.1) is 11.3 Å². The first-order chi connectivity index (χ1) is 8.72. The fourth-order valence-electron chi connectivity index (χ4n) is 1.31. The Kier molecular flexibility index (Phi) is 3.63. The second-order valence-corrected chi connectivity index (χ2v) is 4.10. The molecule has 0 bridgehead atoms. The smallest absolute Gasteiger partial charge is 0.372 e. The number of methoxy groups -OCH3 is 1. The molecule has 0 fully saturated rings. The lowest BCUT2D eigenvalue weighted by molar-refractivity contribution is -0.385. The molecule has 0 spiro atoms. The van der Waals surface area contributed by atoms with Crippen molar-refractivity contribution in [3.05, 3.63) is 33.0 Å². The van der Waals surface area contributed by atoms with Crippen LogP contribution in [-0.4, -0.2) is 27.0 Å². The van der Waals surface area contributed by atoms with Crippen molar-refractivity contribution in [3.8, 4) is 5.88 Å². The zero-order valence-electron chi connectivity index (χ0n) is 9.36. The van der Waals surface area contributed by atoms with E-state index in [2.05, 4.69) is 20.3 Å². The van der Waals surface area contributed by atoms with Gasteiger partial charge in [-0.2, -0.15) is 4.98 Å². The summed E-state index contributed by atoms with van der Waals surface area (Å²) >= 11 is 1.45. The minimum Gasteiger partial charge on any atom is -0.476 e. The number of nitro groups is 1. The second-order valence-electron chi connectivity index (χ2n) is 3.12. The summed E-state index contributed by atoms with van der Waals surface area (Å²) in [7, 11) is 1.32. The Balaban J connectivity index is 2.24. The average Bonchev–Trinajstić information content (AvgIpc) is 2.88. The fourth-order valence-corrected chi connectivity index (χ4v) is 1.86. The van der Waals surface area contributed by atoms with Gasteiger partial charge in [0, 0.05) is 11.6 Å². The number of hydrogen-bond donors (Lipinski definition) is 1. The van der Waals surface area contributed by atoms with E-state index in [-0.39, 0.29) is 17.4 Å². The Morgan fingerprint density at radius 2 is 2.33 bits per heavy atom. The predicted molar refractivity (Wildman–Crippen MR) is 64.7 cm³/mol. The molecule has 1 N–H and O–H groups in total. The van der Waals surface area contributed by atoms with Gasteiger partial charge in [0.05, 0.1) is 18.6 Å². The van der Waals surface area contributed by atoms with Crippen LogP contribution < -0.4 is 10.1 Å². The Bertz CT molecular complexity index is 545. The first-order valence-electron chi connectivity index (χ1n) is 4.88. The summed E-state index contributed by atoms with van der Waals surface area (Å²) in [4.78, 5) is 22.0. The molecule has 2 rings (SSSR count). The molecule has 8 nitrogen and oxygen atoms in total. The third kappa shape index (κ3) is 2.51. The van der Waals surface area contributed by atoms with Crippen LogP contribution in [0.5, 0.6) is 5.88 Å². The zero-order valence-corrected chi connectivity index (χ0v) is 10.2. The molecule has 0 aliphatic heterocycles. The highest BCUT2D eigenvalue weighted by molar-refractivity contribution is 7.09. The molecule has 0 unspecified atom stereocenters. The maximum absolute atomic E-state index is 11.0. The number of aromatic nitrogens is 3. The molecule has 0 radical (unpaired) electrons. The lowest BCUT2D eigenvalue weighted by Gasteiger charge is -2.06. The highest BCUT2D eigenvalue weighted by Crippen LogP contribution is 2.30. The van der Waals surface area contributed by atoms with E-state index in [1.807, 2.05) is 5.38 Å². The normalized spacial score (nSPS) is 10.1. The van der Waals surface area contributed by atoms with Crippen molar-refractivity contribution in [2.24, 2.45) is 0 Å². The topological polar surface area (TPSA) is 103 Å². The summed E-state index contributed by atoms with van der Waals surface area (Å²) < 4.78 is 4.84. The molecular weight excluding hydrogens is 258 g/mol. The minimum atomic E-state index is -0.580. The maximum Gasteiger partial charge on any atom is 0.372 e. The van der Waals surface area contributed by atoms with Crippen LogP contribution in [0.3, 0.4) is 0 Å². The molecule has 0 atom stereocenters. The highest BCUT2D eigenvalue weighted by atomic mass is 32.1. The summed E-state index contributed by atoms with van der Waals surface area (Å²) in [5.74, 6) is 0.0405. The number of thiazole rings is 1. The summed E-state index contributed by atoms with van der Waals surface area (Å²) in [5, 5.41) is 16.4. The molecule has 18 heavy (non-hydrogen) atoms. The van der Waals surface area contributed by atoms with E-state index in [0.717, 1.165) is 5.01 Å². The van der Waals surface area contributed by atoms with Crippen molar-refractivity contribution in [2.75, 3.05) is 12.4 Å². The van der Waals surface area contributed by atoms with Crippen molar-refractivity contribution in [1.29, 1.82) is 0 Å². The van der Waals surface area contributed by atoms with Gasteiger partial charge in [0.2, 0.25) is 5.82 Å². The third-order valence-electron chi connectivity index (χ3n) is 2.06. The van der Waals surface area contributed by atoms with Gasteiger partial charge in [-0.25, -0.2) is 9.97 Å². The lowest BCUT2D eigenvalue weighted by Crippen LogP contribution is -2.06. The molecule has 0 saturated heterocycles. The number of nitrogens with one attached hydrogen (secondary N) is 1. The number of rotatable bonds is 5. The van der Waals surface area contributed by atoms with Crippen LogP contribution in [-0.2, 0) is 6.54 Å². The van der Waals surface area contributed by atoms with Crippen molar-refractivity contribution < 1.29 is 9.66 Å². The van der Waals surface area contributed by atoms with Crippen LogP contribution in [0.15, 0.2) is 17.9 Å². The SMILES string of the molecule is COc1ncnc(NCc2nccs2)c1[N+](=O)[O-]. The quantitative estimate of drug-likeness (QED) is 0.646. The van der Waals surface area contributed by atoms with E-state index in [1.54, 1.807) is 6.20 Å². The number of anilines is 1. The fraction of sp³-hybridized carbons (Fsp3) is 0.222. The highest BCUT2D eigenvalue weighted by Gasteiger charge is 2.23. The van der Waals surface area contributed by atoms with Crippen LogP contribution in [0, 0.1) is 10.1 Å². The third-order valence-corrected chi connectivity index (χ3v) is 2.83. The summed E-state index contributed by atoms with van der Waals surface area (Å²) in [6.45, 7) is 0.360.